The predicted octanol–water partition coefficient (Wildman–Crippen LogP) is 1.01. The molecule has 1 N–H and O–H groups in total. The van der Waals surface area contributed by atoms with Crippen LogP contribution >= 0.6 is 0 Å². The number of hydrogen-bond acceptors (Lipinski definition) is 1. The zero-order valence-electron chi connectivity index (χ0n) is 4.72. The van der Waals surface area contributed by atoms with Gasteiger partial charge in [0.2, 0.25) is 0 Å². The second-order valence-corrected chi connectivity index (χ2v) is 2.57. The van der Waals surface area contributed by atoms with Crippen molar-refractivity contribution in [2.75, 3.05) is 0 Å². The van der Waals surface area contributed by atoms with Crippen LogP contribution in [0.25, 0.3) is 0 Å². The van der Waals surface area contributed by atoms with Gasteiger partial charge in [0.15, 0.2) is 0 Å². The molecule has 0 aromatic rings. The summed E-state index contributed by atoms with van der Waals surface area (Å²) in [6.07, 6.45) is 3.28. The lowest BCUT2D eigenvalue weighted by atomic mass is 9.67. The van der Waals surface area contributed by atoms with Crippen molar-refractivity contribution < 1.29 is 5.02 Å². The minimum Gasteiger partial charge on any atom is -0.450 e. The van der Waals surface area contributed by atoms with Crippen LogP contribution in [0.2, 0.25) is 12.6 Å². The van der Waals surface area contributed by atoms with Crippen molar-refractivity contribution in [3.63, 3.8) is 0 Å². The van der Waals surface area contributed by atoms with E-state index in [1.54, 1.807) is 0 Å². The van der Waals surface area contributed by atoms with E-state index in [4.69, 9.17) is 5.02 Å². The molecule has 0 bridgehead atoms. The number of rotatable bonds is 0. The Balaban J connectivity index is 2.26. The van der Waals surface area contributed by atoms with Crippen molar-refractivity contribution in [3.05, 3.63) is 0 Å². The molecule has 0 amide bonds. The van der Waals surface area contributed by atoms with Crippen molar-refractivity contribution in [2.45, 2.75) is 26.0 Å². The third-order valence-electron chi connectivity index (χ3n) is 1.67. The topological polar surface area (TPSA) is 20.2 Å². The average molecular weight is 98.0 g/mol. The molecular weight excluding hydrogens is 86.9 g/mol. The van der Waals surface area contributed by atoms with Crippen LogP contribution in [0, 0.1) is 5.92 Å². The Labute approximate surface area is 44.8 Å². The molecule has 1 rings (SSSR count). The summed E-state index contributed by atoms with van der Waals surface area (Å²) in [7, 11) is 0. The summed E-state index contributed by atoms with van der Waals surface area (Å²) < 4.78 is 0. The maximum Gasteiger partial charge on any atom is 0.289 e. The highest BCUT2D eigenvalue weighted by molar-refractivity contribution is 6.51. The van der Waals surface area contributed by atoms with Crippen LogP contribution in [-0.2, 0) is 0 Å². The van der Waals surface area contributed by atoms with Crippen LogP contribution in [0.4, 0.5) is 0 Å². The quantitative estimate of drug-likeness (QED) is 0.448. The third-order valence-corrected chi connectivity index (χ3v) is 1.67. The molecule has 1 aliphatic rings. The molecule has 2 heteroatoms. The van der Waals surface area contributed by atoms with Crippen molar-refractivity contribution >= 4 is 6.92 Å². The first-order valence-corrected chi connectivity index (χ1v) is 2.97. The highest BCUT2D eigenvalue weighted by atomic mass is 16.2. The van der Waals surface area contributed by atoms with Gasteiger partial charge in [0.05, 0.1) is 0 Å². The Kier molecular flexibility index (Phi) is 1.38. The largest absolute Gasteiger partial charge is 0.450 e. The second kappa shape index (κ2) is 1.87. The molecule has 0 aromatic carbocycles. The van der Waals surface area contributed by atoms with Gasteiger partial charge in [0, 0.05) is 0 Å². The Bertz CT molecular complexity index is 57.1. The first-order chi connectivity index (χ1) is 3.29. The first kappa shape index (κ1) is 5.17. The molecule has 1 atom stereocenters. The van der Waals surface area contributed by atoms with Crippen LogP contribution in [-0.4, -0.2) is 11.9 Å². The standard InChI is InChI=1S/C5H11BO/c1-5-2-3-6(7)4-5/h5,7H,2-4H2,1H3/t5-/m1/s1. The summed E-state index contributed by atoms with van der Waals surface area (Å²) >= 11 is 0. The first-order valence-electron chi connectivity index (χ1n) is 2.97. The lowest BCUT2D eigenvalue weighted by Crippen LogP contribution is -2.03. The molecule has 1 heterocycles. The van der Waals surface area contributed by atoms with E-state index in [2.05, 4.69) is 6.92 Å². The fourth-order valence-corrected chi connectivity index (χ4v) is 1.18. The van der Waals surface area contributed by atoms with E-state index >= 15 is 0 Å². The van der Waals surface area contributed by atoms with E-state index in [1.165, 1.54) is 6.42 Å². The van der Waals surface area contributed by atoms with E-state index in [0.29, 0.717) is 0 Å². The predicted molar refractivity (Wildman–Crippen MR) is 31.4 cm³/mol. The van der Waals surface area contributed by atoms with Gasteiger partial charge in [-0.1, -0.05) is 13.3 Å². The molecule has 7 heavy (non-hydrogen) atoms. The summed E-state index contributed by atoms with van der Waals surface area (Å²) in [6.45, 7) is 2.21. The molecule has 0 saturated carbocycles. The SMILES string of the molecule is C[C@@H]1CCB(O)C1. The van der Waals surface area contributed by atoms with E-state index < -0.39 is 0 Å². The van der Waals surface area contributed by atoms with E-state index in [0.717, 1.165) is 18.6 Å². The van der Waals surface area contributed by atoms with Gasteiger partial charge in [0.25, 0.3) is 6.92 Å². The van der Waals surface area contributed by atoms with Crippen LogP contribution in [0.15, 0.2) is 0 Å². The molecule has 0 aromatic heterocycles. The van der Waals surface area contributed by atoms with Crippen LogP contribution in [0.5, 0.6) is 0 Å². The minimum absolute atomic E-state index is 0.0231. The fourth-order valence-electron chi connectivity index (χ4n) is 1.18. The second-order valence-electron chi connectivity index (χ2n) is 2.57. The minimum atomic E-state index is 0.0231. The van der Waals surface area contributed by atoms with Gasteiger partial charge < -0.3 is 5.02 Å². The Hall–Kier alpha value is 0.0249. The third kappa shape index (κ3) is 1.20. The molecule has 0 unspecified atom stereocenters. The maximum absolute atomic E-state index is 8.90. The molecule has 1 saturated heterocycles. The van der Waals surface area contributed by atoms with Crippen molar-refractivity contribution in [2.24, 2.45) is 5.92 Å². The summed E-state index contributed by atoms with van der Waals surface area (Å²) in [5.74, 6) is 0.773. The smallest absolute Gasteiger partial charge is 0.289 e. The molecule has 40 valence electrons. The molecule has 0 aliphatic carbocycles. The van der Waals surface area contributed by atoms with Crippen LogP contribution < -0.4 is 0 Å². The zero-order valence-corrected chi connectivity index (χ0v) is 4.72. The molecule has 1 aliphatic heterocycles. The van der Waals surface area contributed by atoms with Crippen molar-refractivity contribution in [3.8, 4) is 0 Å². The maximum atomic E-state index is 8.90. The Morgan fingerprint density at radius 3 is 2.57 bits per heavy atom. The molecule has 1 fully saturated rings. The molecule has 0 spiro atoms. The van der Waals surface area contributed by atoms with Crippen LogP contribution in [0.1, 0.15) is 13.3 Å². The van der Waals surface area contributed by atoms with E-state index in [9.17, 15) is 0 Å². The lowest BCUT2D eigenvalue weighted by molar-refractivity contribution is 0.572. The highest BCUT2D eigenvalue weighted by Crippen LogP contribution is 2.23. The summed E-state index contributed by atoms with van der Waals surface area (Å²) in [4.78, 5) is 0. The Morgan fingerprint density at radius 1 is 1.71 bits per heavy atom. The van der Waals surface area contributed by atoms with Crippen molar-refractivity contribution in [1.29, 1.82) is 0 Å². The summed E-state index contributed by atoms with van der Waals surface area (Å²) in [6, 6.07) is 0. The van der Waals surface area contributed by atoms with Gasteiger partial charge in [-0.2, -0.15) is 0 Å². The van der Waals surface area contributed by atoms with Gasteiger partial charge in [-0.25, -0.2) is 0 Å². The highest BCUT2D eigenvalue weighted by Gasteiger charge is 2.22. The summed E-state index contributed by atoms with van der Waals surface area (Å²) in [5.41, 5.74) is 0. The van der Waals surface area contributed by atoms with Gasteiger partial charge in [0.1, 0.15) is 0 Å². The van der Waals surface area contributed by atoms with Gasteiger partial charge in [-0.15, -0.1) is 0 Å². The lowest BCUT2D eigenvalue weighted by Gasteiger charge is -1.93. The number of hydrogen-bond donors (Lipinski definition) is 1. The molecular formula is C5H11BO. The molecule has 1 nitrogen and oxygen atoms in total. The van der Waals surface area contributed by atoms with Crippen LogP contribution in [0.3, 0.4) is 0 Å². The zero-order chi connectivity index (χ0) is 5.28. The normalized spacial score (nSPS) is 31.7. The van der Waals surface area contributed by atoms with Gasteiger partial charge in [-0.05, 0) is 18.6 Å². The monoisotopic (exact) mass is 98.1 g/mol. The van der Waals surface area contributed by atoms with Gasteiger partial charge >= 0.3 is 0 Å². The average Bonchev–Trinajstić information content (AvgIpc) is 1.87. The van der Waals surface area contributed by atoms with Crippen molar-refractivity contribution in [1.82, 2.24) is 0 Å². The summed E-state index contributed by atoms with van der Waals surface area (Å²) in [5, 5.41) is 8.90. The van der Waals surface area contributed by atoms with Gasteiger partial charge in [-0.3, -0.25) is 0 Å². The van der Waals surface area contributed by atoms with E-state index in [1.807, 2.05) is 0 Å². The van der Waals surface area contributed by atoms with E-state index in [-0.39, 0.29) is 6.92 Å². The fraction of sp³-hybridized carbons (Fsp3) is 1.00. The molecule has 0 radical (unpaired) electrons. The Morgan fingerprint density at radius 2 is 2.43 bits per heavy atom.